The fraction of sp³-hybridized carbons (Fsp3) is 0.227. The number of amides is 1. The average molecular weight is 442 g/mol. The van der Waals surface area contributed by atoms with Gasteiger partial charge in [-0.2, -0.15) is 5.10 Å². The van der Waals surface area contributed by atoms with Gasteiger partial charge < -0.3 is 4.74 Å². The third-order valence-corrected chi connectivity index (χ3v) is 5.86. The second kappa shape index (κ2) is 8.43. The summed E-state index contributed by atoms with van der Waals surface area (Å²) in [6, 6.07) is 10.7. The molecule has 0 unspecified atom stereocenters. The number of nitrogens with zero attached hydrogens (tertiary/aromatic N) is 4. The summed E-state index contributed by atoms with van der Waals surface area (Å²) in [5, 5.41) is 4.72. The zero-order chi connectivity index (χ0) is 22.1. The van der Waals surface area contributed by atoms with Gasteiger partial charge in [0.1, 0.15) is 17.1 Å². The Morgan fingerprint density at radius 1 is 1.19 bits per heavy atom. The molecule has 0 saturated carbocycles. The standard InChI is InChI=1S/C22H20F2N4O2S/c1-13-9-14(2)28(26-13)8-7-27(21(29)15-5-4-6-17(10-15)30-3)22-25-20-18(24)11-16(23)12-19(20)31-22/h4-6,9-12H,7-8H2,1-3H3. The highest BCUT2D eigenvalue weighted by Crippen LogP contribution is 2.32. The molecule has 160 valence electrons. The summed E-state index contributed by atoms with van der Waals surface area (Å²) >= 11 is 1.06. The number of halogens is 2. The number of methoxy groups -OCH3 is 1. The molecule has 0 spiro atoms. The lowest BCUT2D eigenvalue weighted by Gasteiger charge is -2.20. The summed E-state index contributed by atoms with van der Waals surface area (Å²) in [6.45, 7) is 4.50. The van der Waals surface area contributed by atoms with Crippen LogP contribution in [0.5, 0.6) is 5.75 Å². The molecule has 0 bridgehead atoms. The maximum atomic E-state index is 14.2. The molecule has 0 fully saturated rings. The lowest BCUT2D eigenvalue weighted by atomic mass is 10.2. The van der Waals surface area contributed by atoms with E-state index in [0.29, 0.717) is 22.6 Å². The molecule has 9 heteroatoms. The van der Waals surface area contributed by atoms with Gasteiger partial charge in [0.05, 0.1) is 24.0 Å². The van der Waals surface area contributed by atoms with Gasteiger partial charge in [0.15, 0.2) is 10.9 Å². The van der Waals surface area contributed by atoms with Crippen LogP contribution in [0.4, 0.5) is 13.9 Å². The first-order valence-corrected chi connectivity index (χ1v) is 10.4. The third-order valence-electron chi connectivity index (χ3n) is 4.83. The molecule has 4 rings (SSSR count). The van der Waals surface area contributed by atoms with Crippen molar-refractivity contribution in [3.63, 3.8) is 0 Å². The van der Waals surface area contributed by atoms with Crippen LogP contribution >= 0.6 is 11.3 Å². The minimum absolute atomic E-state index is 0.0379. The number of fused-ring (bicyclic) bond motifs is 1. The zero-order valence-electron chi connectivity index (χ0n) is 17.2. The molecule has 0 aliphatic heterocycles. The first-order valence-electron chi connectivity index (χ1n) is 9.58. The fourth-order valence-electron chi connectivity index (χ4n) is 3.35. The van der Waals surface area contributed by atoms with Crippen LogP contribution in [0.2, 0.25) is 0 Å². The van der Waals surface area contributed by atoms with Crippen LogP contribution in [-0.2, 0) is 6.54 Å². The number of ether oxygens (including phenoxy) is 1. The van der Waals surface area contributed by atoms with Crippen LogP contribution in [0.1, 0.15) is 21.7 Å². The molecule has 0 N–H and O–H groups in total. The maximum Gasteiger partial charge on any atom is 0.260 e. The Morgan fingerprint density at radius 3 is 2.71 bits per heavy atom. The fourth-order valence-corrected chi connectivity index (χ4v) is 4.38. The molecule has 2 aromatic heterocycles. The topological polar surface area (TPSA) is 60.2 Å². The van der Waals surface area contributed by atoms with Crippen LogP contribution in [0.25, 0.3) is 10.2 Å². The number of benzene rings is 2. The SMILES string of the molecule is COc1cccc(C(=O)N(CCn2nc(C)cc2C)c2nc3c(F)cc(F)cc3s2)c1. The maximum absolute atomic E-state index is 14.2. The summed E-state index contributed by atoms with van der Waals surface area (Å²) < 4.78 is 35.2. The van der Waals surface area contributed by atoms with E-state index in [1.165, 1.54) is 18.1 Å². The van der Waals surface area contributed by atoms with Gasteiger partial charge in [-0.3, -0.25) is 14.4 Å². The van der Waals surface area contributed by atoms with Gasteiger partial charge in [0, 0.05) is 23.9 Å². The van der Waals surface area contributed by atoms with Crippen molar-refractivity contribution in [3.05, 3.63) is 71.1 Å². The molecule has 0 aliphatic rings. The number of anilines is 1. The number of carbonyl (C=O) groups excluding carboxylic acids is 1. The molecule has 6 nitrogen and oxygen atoms in total. The first-order chi connectivity index (χ1) is 14.9. The quantitative estimate of drug-likeness (QED) is 0.433. The second-order valence-corrected chi connectivity index (χ2v) is 8.08. The molecular formula is C22H20F2N4O2S. The Bertz CT molecular complexity index is 1270. The van der Waals surface area contributed by atoms with E-state index in [1.807, 2.05) is 19.9 Å². The Hall–Kier alpha value is -3.33. The van der Waals surface area contributed by atoms with Gasteiger partial charge in [-0.1, -0.05) is 17.4 Å². The Balaban J connectivity index is 1.73. The third kappa shape index (κ3) is 4.27. The minimum atomic E-state index is -0.759. The van der Waals surface area contributed by atoms with Crippen molar-refractivity contribution in [1.29, 1.82) is 0 Å². The van der Waals surface area contributed by atoms with Crippen LogP contribution in [0.3, 0.4) is 0 Å². The number of aromatic nitrogens is 3. The number of hydrogen-bond acceptors (Lipinski definition) is 5. The van der Waals surface area contributed by atoms with Crippen LogP contribution < -0.4 is 9.64 Å². The van der Waals surface area contributed by atoms with E-state index >= 15 is 0 Å². The van der Waals surface area contributed by atoms with Crippen LogP contribution in [0, 0.1) is 25.5 Å². The summed E-state index contributed by atoms with van der Waals surface area (Å²) in [7, 11) is 1.52. The predicted octanol–water partition coefficient (Wildman–Crippen LogP) is 4.74. The van der Waals surface area contributed by atoms with E-state index in [-0.39, 0.29) is 23.1 Å². The number of carbonyl (C=O) groups is 1. The molecule has 1 amide bonds. The normalized spacial score (nSPS) is 11.1. The summed E-state index contributed by atoms with van der Waals surface area (Å²) in [5.41, 5.74) is 2.28. The zero-order valence-corrected chi connectivity index (χ0v) is 18.0. The second-order valence-electron chi connectivity index (χ2n) is 7.07. The van der Waals surface area contributed by atoms with Crippen LogP contribution in [0.15, 0.2) is 42.5 Å². The van der Waals surface area contributed by atoms with E-state index in [4.69, 9.17) is 4.74 Å². The van der Waals surface area contributed by atoms with Gasteiger partial charge in [0.2, 0.25) is 0 Å². The highest BCUT2D eigenvalue weighted by atomic mass is 32.1. The molecule has 0 atom stereocenters. The van der Waals surface area contributed by atoms with Crippen molar-refractivity contribution in [2.24, 2.45) is 0 Å². The lowest BCUT2D eigenvalue weighted by Crippen LogP contribution is -2.34. The number of thiazole rings is 1. The molecule has 0 saturated heterocycles. The number of hydrogen-bond donors (Lipinski definition) is 0. The lowest BCUT2D eigenvalue weighted by molar-refractivity contribution is 0.0985. The van der Waals surface area contributed by atoms with Crippen molar-refractivity contribution >= 4 is 32.6 Å². The number of rotatable bonds is 6. The summed E-state index contributed by atoms with van der Waals surface area (Å²) in [6.07, 6.45) is 0. The van der Waals surface area contributed by atoms with Gasteiger partial charge >= 0.3 is 0 Å². The first kappa shape index (κ1) is 20.9. The van der Waals surface area contributed by atoms with Gasteiger partial charge in [-0.25, -0.2) is 13.8 Å². The molecule has 2 aromatic carbocycles. The monoisotopic (exact) mass is 442 g/mol. The minimum Gasteiger partial charge on any atom is -0.497 e. The highest BCUT2D eigenvalue weighted by Gasteiger charge is 2.23. The Kier molecular flexibility index (Phi) is 5.69. The summed E-state index contributed by atoms with van der Waals surface area (Å²) in [4.78, 5) is 19.2. The van der Waals surface area contributed by atoms with Crippen molar-refractivity contribution in [1.82, 2.24) is 14.8 Å². The van der Waals surface area contributed by atoms with E-state index in [9.17, 15) is 13.6 Å². The smallest absolute Gasteiger partial charge is 0.260 e. The summed E-state index contributed by atoms with van der Waals surface area (Å²) in [5.74, 6) is -1.22. The number of aryl methyl sites for hydroxylation is 2. The van der Waals surface area contributed by atoms with Crippen LogP contribution in [-0.4, -0.2) is 34.3 Å². The molecule has 0 aliphatic carbocycles. The average Bonchev–Trinajstić information content (AvgIpc) is 3.30. The van der Waals surface area contributed by atoms with Gasteiger partial charge in [-0.15, -0.1) is 0 Å². The van der Waals surface area contributed by atoms with Crippen molar-refractivity contribution in [3.8, 4) is 5.75 Å². The molecular weight excluding hydrogens is 422 g/mol. The predicted molar refractivity (Wildman–Crippen MR) is 116 cm³/mol. The van der Waals surface area contributed by atoms with E-state index in [2.05, 4.69) is 10.1 Å². The van der Waals surface area contributed by atoms with Crippen molar-refractivity contribution in [2.45, 2.75) is 20.4 Å². The van der Waals surface area contributed by atoms with Gasteiger partial charge in [0.25, 0.3) is 5.91 Å². The van der Waals surface area contributed by atoms with E-state index < -0.39 is 11.6 Å². The van der Waals surface area contributed by atoms with Crippen molar-refractivity contribution < 1.29 is 18.3 Å². The molecule has 4 aromatic rings. The van der Waals surface area contributed by atoms with Crippen molar-refractivity contribution in [2.75, 3.05) is 18.6 Å². The Labute approximate surface area is 181 Å². The molecule has 2 heterocycles. The molecule has 0 radical (unpaired) electrons. The largest absolute Gasteiger partial charge is 0.497 e. The van der Waals surface area contributed by atoms with E-state index in [1.54, 1.807) is 28.9 Å². The van der Waals surface area contributed by atoms with Gasteiger partial charge in [-0.05, 0) is 44.2 Å². The molecule has 31 heavy (non-hydrogen) atoms. The van der Waals surface area contributed by atoms with E-state index in [0.717, 1.165) is 28.8 Å². The Morgan fingerprint density at radius 2 is 2.00 bits per heavy atom. The highest BCUT2D eigenvalue weighted by molar-refractivity contribution is 7.22.